The monoisotopic (exact) mass is 358 g/mol. The Hall–Kier alpha value is -2.65. The molecule has 1 atom stereocenters. The van der Waals surface area contributed by atoms with Crippen LogP contribution in [0.5, 0.6) is 0 Å². The van der Waals surface area contributed by atoms with Gasteiger partial charge in [-0.05, 0) is 26.8 Å². The number of nitrogens with one attached hydrogen (secondary N) is 1. The molecule has 0 saturated heterocycles. The molecule has 1 unspecified atom stereocenters. The highest BCUT2D eigenvalue weighted by Crippen LogP contribution is 2.23. The molecule has 0 bridgehead atoms. The molecule has 1 amide bonds. The Balaban J connectivity index is 2.32. The number of carbonyl (C=O) groups is 2. The van der Waals surface area contributed by atoms with E-state index in [1.165, 1.54) is 19.2 Å². The van der Waals surface area contributed by atoms with Crippen molar-refractivity contribution in [1.82, 2.24) is 20.1 Å². The largest absolute Gasteiger partial charge is 0.480 e. The lowest BCUT2D eigenvalue weighted by molar-refractivity contribution is -0.157. The van der Waals surface area contributed by atoms with Gasteiger partial charge in [0, 0.05) is 11.4 Å². The van der Waals surface area contributed by atoms with Crippen molar-refractivity contribution in [1.29, 1.82) is 0 Å². The molecule has 0 aliphatic carbocycles. The van der Waals surface area contributed by atoms with E-state index in [0.717, 1.165) is 0 Å². The van der Waals surface area contributed by atoms with Crippen LogP contribution in [0, 0.1) is 6.92 Å². The molecule has 0 aromatic carbocycles. The summed E-state index contributed by atoms with van der Waals surface area (Å²) < 4.78 is 39.0. The van der Waals surface area contributed by atoms with Gasteiger partial charge in [0.05, 0.1) is 23.9 Å². The van der Waals surface area contributed by atoms with E-state index in [4.69, 9.17) is 5.11 Å². The van der Waals surface area contributed by atoms with Crippen LogP contribution in [0.1, 0.15) is 42.4 Å². The molecular weight excluding hydrogens is 341 g/mol. The van der Waals surface area contributed by atoms with Crippen LogP contribution in [0.3, 0.4) is 0 Å². The van der Waals surface area contributed by atoms with E-state index in [-0.39, 0.29) is 17.3 Å². The average molecular weight is 358 g/mol. The summed E-state index contributed by atoms with van der Waals surface area (Å²) in [4.78, 5) is 27.5. The van der Waals surface area contributed by atoms with Gasteiger partial charge in [-0.25, -0.2) is 14.5 Å². The van der Waals surface area contributed by atoms with Crippen molar-refractivity contribution < 1.29 is 27.9 Å². The van der Waals surface area contributed by atoms with Crippen LogP contribution in [0.4, 0.5) is 13.2 Å². The van der Waals surface area contributed by atoms with Crippen molar-refractivity contribution in [3.05, 3.63) is 23.5 Å². The van der Waals surface area contributed by atoms with Crippen molar-refractivity contribution in [2.75, 3.05) is 0 Å². The summed E-state index contributed by atoms with van der Waals surface area (Å²) in [5.74, 6) is -2.69. The van der Waals surface area contributed by atoms with Gasteiger partial charge in [-0.15, -0.1) is 0 Å². The normalized spacial score (nSPS) is 13.2. The van der Waals surface area contributed by atoms with Crippen LogP contribution >= 0.6 is 0 Å². The zero-order chi connectivity index (χ0) is 18.9. The molecule has 25 heavy (non-hydrogen) atoms. The fourth-order valence-electron chi connectivity index (χ4n) is 2.34. The summed E-state index contributed by atoms with van der Waals surface area (Å²) in [6.45, 7) is 5.32. The number of alkyl halides is 3. The Morgan fingerprint density at radius 2 is 2.00 bits per heavy atom. The van der Waals surface area contributed by atoms with E-state index < -0.39 is 30.5 Å². The molecule has 2 heterocycles. The minimum Gasteiger partial charge on any atom is -0.480 e. The first-order valence-electron chi connectivity index (χ1n) is 7.45. The summed E-state index contributed by atoms with van der Waals surface area (Å²) >= 11 is 0. The molecule has 0 fully saturated rings. The number of halogens is 3. The molecule has 0 aliphatic heterocycles. The summed E-state index contributed by atoms with van der Waals surface area (Å²) in [5.41, 5.74) is 0.807. The lowest BCUT2D eigenvalue weighted by atomic mass is 10.1. The molecule has 7 nitrogen and oxygen atoms in total. The summed E-state index contributed by atoms with van der Waals surface area (Å²) in [6, 6.07) is -0.598. The number of fused-ring (bicyclic) bond motifs is 1. The maximum Gasteiger partial charge on any atom is 0.391 e. The Kier molecular flexibility index (Phi) is 5.00. The quantitative estimate of drug-likeness (QED) is 0.856. The van der Waals surface area contributed by atoms with Gasteiger partial charge in [-0.2, -0.15) is 18.3 Å². The fourth-order valence-corrected chi connectivity index (χ4v) is 2.34. The second kappa shape index (κ2) is 6.69. The second-order valence-electron chi connectivity index (χ2n) is 5.90. The number of carbonyl (C=O) groups excluding carboxylic acids is 1. The number of carboxylic acids is 1. The number of carboxylic acid groups (broad SMARTS) is 1. The van der Waals surface area contributed by atoms with Crippen LogP contribution in [0.25, 0.3) is 11.0 Å². The van der Waals surface area contributed by atoms with Crippen molar-refractivity contribution in [3.8, 4) is 0 Å². The molecule has 2 aromatic heterocycles. The van der Waals surface area contributed by atoms with Crippen molar-refractivity contribution >= 4 is 22.9 Å². The summed E-state index contributed by atoms with van der Waals surface area (Å²) in [7, 11) is 0. The van der Waals surface area contributed by atoms with Crippen molar-refractivity contribution in [2.45, 2.75) is 45.5 Å². The zero-order valence-electron chi connectivity index (χ0n) is 13.8. The Morgan fingerprint density at radius 3 is 2.52 bits per heavy atom. The number of nitrogens with zero attached hydrogens (tertiary/aromatic N) is 3. The van der Waals surface area contributed by atoms with E-state index in [0.29, 0.717) is 11.0 Å². The van der Waals surface area contributed by atoms with Gasteiger partial charge in [0.15, 0.2) is 5.65 Å². The first-order chi connectivity index (χ1) is 11.5. The Bertz CT molecular complexity index is 814. The van der Waals surface area contributed by atoms with Gasteiger partial charge in [0.2, 0.25) is 0 Å². The van der Waals surface area contributed by atoms with Gasteiger partial charge in [-0.1, -0.05) is 0 Å². The molecule has 136 valence electrons. The molecule has 0 aliphatic rings. The number of rotatable bonds is 5. The lowest BCUT2D eigenvalue weighted by Crippen LogP contribution is -2.43. The van der Waals surface area contributed by atoms with Crippen LogP contribution in [0.15, 0.2) is 12.3 Å². The van der Waals surface area contributed by atoms with Gasteiger partial charge in [0.1, 0.15) is 6.04 Å². The molecular formula is C15H17F3N4O3. The van der Waals surface area contributed by atoms with Gasteiger partial charge >= 0.3 is 12.1 Å². The van der Waals surface area contributed by atoms with Crippen molar-refractivity contribution in [3.63, 3.8) is 0 Å². The molecule has 2 aromatic rings. The number of hydrogen-bond acceptors (Lipinski definition) is 4. The van der Waals surface area contributed by atoms with E-state index in [1.807, 2.05) is 19.2 Å². The third-order valence-corrected chi connectivity index (χ3v) is 3.53. The van der Waals surface area contributed by atoms with Crippen LogP contribution in [-0.2, 0) is 4.79 Å². The molecule has 0 spiro atoms. The predicted molar refractivity (Wildman–Crippen MR) is 82.2 cm³/mol. The Labute approximate surface area is 140 Å². The standard InChI is InChI=1S/C15H17F3N4O3/c1-7(2)22-12-9(6-19-22)4-10(8(3)20-12)13(23)21-11(14(24)25)5-15(16,17)18/h4,6-7,11H,5H2,1-3H3,(H,21,23)(H,24,25). The second-order valence-corrected chi connectivity index (χ2v) is 5.90. The minimum absolute atomic E-state index is 0.00392. The fraction of sp³-hybridized carbons (Fsp3) is 0.467. The average Bonchev–Trinajstić information content (AvgIpc) is 2.86. The highest BCUT2D eigenvalue weighted by molar-refractivity contribution is 5.99. The predicted octanol–water partition coefficient (Wildman–Crippen LogP) is 2.46. The van der Waals surface area contributed by atoms with E-state index in [9.17, 15) is 22.8 Å². The summed E-state index contributed by atoms with van der Waals surface area (Å²) in [6.07, 6.45) is -4.89. The third-order valence-electron chi connectivity index (χ3n) is 3.53. The Morgan fingerprint density at radius 1 is 1.36 bits per heavy atom. The van der Waals surface area contributed by atoms with Crippen LogP contribution in [0.2, 0.25) is 0 Å². The highest BCUT2D eigenvalue weighted by Gasteiger charge is 2.36. The topological polar surface area (TPSA) is 97.1 Å². The molecule has 0 saturated carbocycles. The van der Waals surface area contributed by atoms with Gasteiger partial charge < -0.3 is 10.4 Å². The van der Waals surface area contributed by atoms with E-state index in [2.05, 4.69) is 10.1 Å². The van der Waals surface area contributed by atoms with E-state index in [1.54, 1.807) is 4.68 Å². The van der Waals surface area contributed by atoms with Gasteiger partial charge in [-0.3, -0.25) is 4.79 Å². The van der Waals surface area contributed by atoms with Crippen LogP contribution < -0.4 is 5.32 Å². The molecule has 0 radical (unpaired) electrons. The SMILES string of the molecule is Cc1nc2c(cnn2C(C)C)cc1C(=O)NC(CC(F)(F)F)C(=O)O. The molecule has 10 heteroatoms. The van der Waals surface area contributed by atoms with Crippen LogP contribution in [-0.4, -0.2) is 44.0 Å². The number of aryl methyl sites for hydroxylation is 1. The first kappa shape index (κ1) is 18.7. The van der Waals surface area contributed by atoms with E-state index >= 15 is 0 Å². The first-order valence-corrected chi connectivity index (χ1v) is 7.45. The number of hydrogen-bond donors (Lipinski definition) is 2. The van der Waals surface area contributed by atoms with Gasteiger partial charge in [0.25, 0.3) is 5.91 Å². The highest BCUT2D eigenvalue weighted by atomic mass is 19.4. The minimum atomic E-state index is -4.72. The zero-order valence-corrected chi connectivity index (χ0v) is 13.8. The number of aromatic nitrogens is 3. The smallest absolute Gasteiger partial charge is 0.391 e. The maximum atomic E-state index is 12.4. The van der Waals surface area contributed by atoms with Crippen molar-refractivity contribution in [2.24, 2.45) is 0 Å². The molecule has 2 N–H and O–H groups in total. The number of aliphatic carboxylic acids is 1. The number of amides is 1. The molecule has 2 rings (SSSR count). The maximum absolute atomic E-state index is 12.4. The lowest BCUT2D eigenvalue weighted by Gasteiger charge is -2.17. The third kappa shape index (κ3) is 4.25. The number of pyridine rings is 1. The summed E-state index contributed by atoms with van der Waals surface area (Å²) in [5, 5.41) is 15.5.